The molecule has 1 aliphatic heterocycles. The van der Waals surface area contributed by atoms with Crippen LogP contribution in [0.4, 0.5) is 5.69 Å². The van der Waals surface area contributed by atoms with Gasteiger partial charge in [-0.3, -0.25) is 4.79 Å². The summed E-state index contributed by atoms with van der Waals surface area (Å²) in [5, 5.41) is 12.8. The number of nitrogens with one attached hydrogen (secondary N) is 1. The van der Waals surface area contributed by atoms with Gasteiger partial charge in [0, 0.05) is 5.02 Å². The van der Waals surface area contributed by atoms with Crippen molar-refractivity contribution in [2.45, 2.75) is 20.0 Å². The Bertz CT molecular complexity index is 1020. The average molecular weight is 447 g/mol. The highest BCUT2D eigenvalue weighted by Crippen LogP contribution is 2.33. The van der Waals surface area contributed by atoms with Gasteiger partial charge >= 0.3 is 5.97 Å². The van der Waals surface area contributed by atoms with Gasteiger partial charge in [0.05, 0.1) is 17.2 Å². The molecule has 0 aliphatic carbocycles. The summed E-state index contributed by atoms with van der Waals surface area (Å²) in [5.41, 5.74) is 1.38. The van der Waals surface area contributed by atoms with Crippen LogP contribution >= 0.6 is 23.4 Å². The van der Waals surface area contributed by atoms with Gasteiger partial charge in [0.25, 0.3) is 5.91 Å². The maximum absolute atomic E-state index is 12.3. The zero-order valence-electron chi connectivity index (χ0n) is 16.2. The summed E-state index contributed by atoms with van der Waals surface area (Å²) in [4.78, 5) is 28.2. The lowest BCUT2D eigenvalue weighted by molar-refractivity contribution is -0.144. The third kappa shape index (κ3) is 5.55. The van der Waals surface area contributed by atoms with Gasteiger partial charge in [-0.05, 0) is 73.6 Å². The van der Waals surface area contributed by atoms with E-state index in [1.807, 2.05) is 6.92 Å². The van der Waals surface area contributed by atoms with Gasteiger partial charge in [-0.1, -0.05) is 17.7 Å². The normalized spacial score (nSPS) is 17.1. The van der Waals surface area contributed by atoms with Crippen molar-refractivity contribution in [2.24, 2.45) is 4.99 Å². The maximum Gasteiger partial charge on any atom is 0.344 e. The number of amides is 1. The van der Waals surface area contributed by atoms with E-state index in [-0.39, 0.29) is 5.91 Å². The van der Waals surface area contributed by atoms with Gasteiger partial charge in [0.15, 0.2) is 22.8 Å². The first-order valence-electron chi connectivity index (χ1n) is 9.07. The fraction of sp³-hybridized carbons (Fsp3) is 0.190. The molecule has 0 unspecified atom stereocenters. The summed E-state index contributed by atoms with van der Waals surface area (Å²) in [6.45, 7) is 3.63. The van der Waals surface area contributed by atoms with Crippen LogP contribution in [0.15, 0.2) is 52.4 Å². The van der Waals surface area contributed by atoms with Crippen molar-refractivity contribution in [3.05, 3.63) is 58.0 Å². The van der Waals surface area contributed by atoms with Crippen molar-refractivity contribution in [3.8, 4) is 11.5 Å². The summed E-state index contributed by atoms with van der Waals surface area (Å²) in [5.74, 6) is -0.610. The molecule has 1 heterocycles. The first-order chi connectivity index (χ1) is 14.4. The number of thioether (sulfide) groups is 1. The number of nitrogens with zero attached hydrogens (tertiary/aromatic N) is 1. The third-order valence-electron chi connectivity index (χ3n) is 3.93. The Hall–Kier alpha value is -2.97. The first kappa shape index (κ1) is 21.7. The lowest BCUT2D eigenvalue weighted by Gasteiger charge is -2.15. The van der Waals surface area contributed by atoms with E-state index in [1.54, 1.807) is 48.5 Å². The van der Waals surface area contributed by atoms with Crippen molar-refractivity contribution in [1.29, 1.82) is 0 Å². The van der Waals surface area contributed by atoms with E-state index in [4.69, 9.17) is 26.2 Å². The summed E-state index contributed by atoms with van der Waals surface area (Å²) in [6, 6.07) is 12.0. The highest BCUT2D eigenvalue weighted by molar-refractivity contribution is 8.18. The first-order valence-corrected chi connectivity index (χ1v) is 10.3. The minimum Gasteiger partial charge on any atom is -0.490 e. The molecule has 0 bridgehead atoms. The molecule has 1 amide bonds. The predicted molar refractivity (Wildman–Crippen MR) is 118 cm³/mol. The number of hydrogen-bond acceptors (Lipinski definition) is 6. The molecule has 1 fully saturated rings. The Balaban J connectivity index is 1.81. The van der Waals surface area contributed by atoms with E-state index in [0.717, 1.165) is 0 Å². The molecule has 2 aromatic carbocycles. The number of carbonyl (C=O) groups excluding carboxylic acids is 1. The molecule has 9 heteroatoms. The van der Waals surface area contributed by atoms with Crippen LogP contribution < -0.4 is 14.8 Å². The molecule has 1 saturated heterocycles. The van der Waals surface area contributed by atoms with Gasteiger partial charge < -0.3 is 19.9 Å². The molecule has 1 atom stereocenters. The Morgan fingerprint density at radius 3 is 2.67 bits per heavy atom. The van der Waals surface area contributed by atoms with Gasteiger partial charge in [-0.25, -0.2) is 9.79 Å². The fourth-order valence-electron chi connectivity index (χ4n) is 2.49. The Labute approximate surface area is 182 Å². The quantitative estimate of drug-likeness (QED) is 0.608. The van der Waals surface area contributed by atoms with Crippen molar-refractivity contribution in [3.63, 3.8) is 0 Å². The zero-order chi connectivity index (χ0) is 21.7. The zero-order valence-corrected chi connectivity index (χ0v) is 17.8. The van der Waals surface area contributed by atoms with Gasteiger partial charge in [0.1, 0.15) is 0 Å². The summed E-state index contributed by atoms with van der Waals surface area (Å²) in [7, 11) is 0. The van der Waals surface area contributed by atoms with Crippen molar-refractivity contribution in [1.82, 2.24) is 5.32 Å². The third-order valence-corrected chi connectivity index (χ3v) is 5.09. The largest absolute Gasteiger partial charge is 0.490 e. The van der Waals surface area contributed by atoms with Crippen molar-refractivity contribution < 1.29 is 24.2 Å². The summed E-state index contributed by atoms with van der Waals surface area (Å²) in [6.07, 6.45) is 0.688. The number of halogens is 1. The molecular weight excluding hydrogens is 428 g/mol. The molecule has 0 aromatic heterocycles. The molecule has 7 nitrogen and oxygen atoms in total. The molecule has 156 valence electrons. The number of aliphatic carboxylic acids is 1. The van der Waals surface area contributed by atoms with Gasteiger partial charge in [-0.15, -0.1) is 0 Å². The molecule has 3 rings (SSSR count). The number of ether oxygens (including phenoxy) is 2. The van der Waals surface area contributed by atoms with E-state index < -0.39 is 12.1 Å². The van der Waals surface area contributed by atoms with E-state index in [9.17, 15) is 9.59 Å². The minimum atomic E-state index is -1.07. The number of carboxylic acids is 1. The number of benzene rings is 2. The van der Waals surface area contributed by atoms with Crippen LogP contribution in [0.1, 0.15) is 19.4 Å². The smallest absolute Gasteiger partial charge is 0.344 e. The van der Waals surface area contributed by atoms with Crippen LogP contribution in [0.2, 0.25) is 5.02 Å². The number of carbonyl (C=O) groups is 2. The highest BCUT2D eigenvalue weighted by atomic mass is 35.5. The average Bonchev–Trinajstić information content (AvgIpc) is 3.04. The molecule has 0 spiro atoms. The van der Waals surface area contributed by atoms with Crippen LogP contribution in [0, 0.1) is 0 Å². The number of rotatable bonds is 7. The molecule has 2 N–H and O–H groups in total. The van der Waals surface area contributed by atoms with Crippen LogP contribution in [-0.2, 0) is 9.59 Å². The van der Waals surface area contributed by atoms with Crippen molar-refractivity contribution >= 4 is 52.2 Å². The number of carboxylic acid groups (broad SMARTS) is 1. The standard InChI is InChI=1S/C21H19ClN2O5S/c1-3-28-17-10-13(4-9-16(17)29-12(2)20(26)27)11-18-19(25)24-21(30-18)23-15-7-5-14(22)6-8-15/h4-12H,3H2,1-2H3,(H,26,27)(H,23,24,25)/b18-11-/t12-/m1/s1. The second kappa shape index (κ2) is 9.69. The monoisotopic (exact) mass is 446 g/mol. The second-order valence-electron chi connectivity index (χ2n) is 6.20. The molecular formula is C21H19ClN2O5S. The lowest BCUT2D eigenvalue weighted by atomic mass is 10.2. The topological polar surface area (TPSA) is 97.2 Å². The SMILES string of the molecule is CCOc1cc(/C=C2\SC(=Nc3ccc(Cl)cc3)NC2=O)ccc1O[C@H](C)C(=O)O. The number of hydrogen-bond donors (Lipinski definition) is 2. The van der Waals surface area contributed by atoms with E-state index >= 15 is 0 Å². The molecule has 0 radical (unpaired) electrons. The number of amidine groups is 1. The second-order valence-corrected chi connectivity index (χ2v) is 7.66. The summed E-state index contributed by atoms with van der Waals surface area (Å²) >= 11 is 7.09. The number of aliphatic imine (C=N–C) groups is 1. The van der Waals surface area contributed by atoms with Crippen LogP contribution in [0.5, 0.6) is 11.5 Å². The van der Waals surface area contributed by atoms with Crippen LogP contribution in [0.25, 0.3) is 6.08 Å². The fourth-order valence-corrected chi connectivity index (χ4v) is 3.45. The van der Waals surface area contributed by atoms with E-state index in [0.29, 0.717) is 44.5 Å². The highest BCUT2D eigenvalue weighted by Gasteiger charge is 2.24. The molecule has 0 saturated carbocycles. The molecule has 2 aromatic rings. The Morgan fingerprint density at radius 1 is 1.27 bits per heavy atom. The Morgan fingerprint density at radius 2 is 2.00 bits per heavy atom. The summed E-state index contributed by atoms with van der Waals surface area (Å²) < 4.78 is 11.0. The molecule has 30 heavy (non-hydrogen) atoms. The lowest BCUT2D eigenvalue weighted by Crippen LogP contribution is -2.23. The van der Waals surface area contributed by atoms with Crippen LogP contribution in [-0.4, -0.2) is 34.9 Å². The van der Waals surface area contributed by atoms with Gasteiger partial charge in [0.2, 0.25) is 0 Å². The molecule has 1 aliphatic rings. The van der Waals surface area contributed by atoms with Crippen molar-refractivity contribution in [2.75, 3.05) is 6.61 Å². The predicted octanol–water partition coefficient (Wildman–Crippen LogP) is 4.48. The van der Waals surface area contributed by atoms with Gasteiger partial charge in [-0.2, -0.15) is 0 Å². The minimum absolute atomic E-state index is 0.259. The van der Waals surface area contributed by atoms with E-state index in [1.165, 1.54) is 18.7 Å². The Kier molecular flexibility index (Phi) is 7.02. The maximum atomic E-state index is 12.3. The van der Waals surface area contributed by atoms with E-state index in [2.05, 4.69) is 10.3 Å². The van der Waals surface area contributed by atoms with Crippen LogP contribution in [0.3, 0.4) is 0 Å².